The van der Waals surface area contributed by atoms with Gasteiger partial charge in [-0.2, -0.15) is 26.3 Å². The van der Waals surface area contributed by atoms with Gasteiger partial charge in [-0.15, -0.1) is 22.7 Å². The summed E-state index contributed by atoms with van der Waals surface area (Å²) in [5.41, 5.74) is -2.40. The van der Waals surface area contributed by atoms with Crippen LogP contribution >= 0.6 is 22.7 Å². The Kier molecular flexibility index (Phi) is 31.9. The van der Waals surface area contributed by atoms with Crippen LogP contribution in [0, 0.1) is 13.8 Å². The lowest BCUT2D eigenvalue weighted by molar-refractivity contribution is -0.254. The van der Waals surface area contributed by atoms with E-state index in [9.17, 15) is 9.59 Å². The molecule has 0 saturated carbocycles. The number of aliphatic hydroxyl groups is 2. The SMILES string of the molecule is Cc1sc(-c2ccc(C(=O)N[C@@H](C)COCCOCCOCCOCCOCCOCCO)cc2)cc1C1=C(c2cc(-c3ccc(C(=O)N[C@@H](C)COCCOCCOCCOCCOCCOCCO)cc3)sc2C)C(F)(F)C(F)(F)C1(F)F. The molecule has 4 aromatic rings. The van der Waals surface area contributed by atoms with Gasteiger partial charge in [-0.3, -0.25) is 9.59 Å². The van der Waals surface area contributed by atoms with Gasteiger partial charge in [0.2, 0.25) is 0 Å². The highest BCUT2D eigenvalue weighted by atomic mass is 32.1. The predicted molar refractivity (Wildman–Crippen MR) is 308 cm³/mol. The van der Waals surface area contributed by atoms with Crippen molar-refractivity contribution in [1.82, 2.24) is 10.6 Å². The molecule has 2 aromatic carbocycles. The molecule has 0 unspecified atom stereocenters. The summed E-state index contributed by atoms with van der Waals surface area (Å²) in [5, 5.41) is 23.0. The van der Waals surface area contributed by atoms with Crippen molar-refractivity contribution in [3.8, 4) is 20.9 Å². The molecule has 1 aliphatic rings. The average Bonchev–Trinajstić information content (AvgIpc) is 1.58. The van der Waals surface area contributed by atoms with Crippen molar-refractivity contribution < 1.29 is 103 Å². The molecule has 1 aliphatic carbocycles. The van der Waals surface area contributed by atoms with E-state index in [1.54, 1.807) is 38.1 Å². The van der Waals surface area contributed by atoms with Crippen molar-refractivity contribution in [2.75, 3.05) is 172 Å². The Hall–Kier alpha value is -4.46. The van der Waals surface area contributed by atoms with Crippen LogP contribution in [-0.2, 0) is 56.8 Å². The van der Waals surface area contributed by atoms with Gasteiger partial charge in [-0.25, -0.2) is 0 Å². The summed E-state index contributed by atoms with van der Waals surface area (Å²) in [7, 11) is 0. The average molecular weight is 1250 g/mol. The van der Waals surface area contributed by atoms with E-state index in [2.05, 4.69) is 10.6 Å². The number of hydrogen-bond donors (Lipinski definition) is 4. The Morgan fingerprint density at radius 2 is 0.671 bits per heavy atom. The minimum atomic E-state index is -5.77. The van der Waals surface area contributed by atoms with E-state index in [0.29, 0.717) is 140 Å². The van der Waals surface area contributed by atoms with Crippen molar-refractivity contribution >= 4 is 45.6 Å². The fourth-order valence-corrected chi connectivity index (χ4v) is 10.4. The number of amides is 2. The lowest BCUT2D eigenvalue weighted by Gasteiger charge is -2.25. The van der Waals surface area contributed by atoms with E-state index in [0.717, 1.165) is 22.7 Å². The molecule has 0 saturated heterocycles. The summed E-state index contributed by atoms with van der Waals surface area (Å²) >= 11 is 1.93. The van der Waals surface area contributed by atoms with E-state index in [4.69, 9.17) is 67.1 Å². The first-order chi connectivity index (χ1) is 40.9. The van der Waals surface area contributed by atoms with E-state index in [-0.39, 0.29) is 85.8 Å². The molecular formula is C59H80F6N2O16S2. The predicted octanol–water partition coefficient (Wildman–Crippen LogP) is 8.01. The lowest BCUT2D eigenvalue weighted by atomic mass is 9.94. The van der Waals surface area contributed by atoms with Gasteiger partial charge in [-0.1, -0.05) is 24.3 Å². The summed E-state index contributed by atoms with van der Waals surface area (Å²) in [6.07, 6.45) is 0. The molecule has 0 aliphatic heterocycles. The Morgan fingerprint density at radius 3 is 0.929 bits per heavy atom. The monoisotopic (exact) mass is 1250 g/mol. The van der Waals surface area contributed by atoms with Gasteiger partial charge in [0.05, 0.1) is 172 Å². The van der Waals surface area contributed by atoms with Gasteiger partial charge in [-0.05, 0) is 86.3 Å². The summed E-state index contributed by atoms with van der Waals surface area (Å²) in [6, 6.07) is 13.9. The van der Waals surface area contributed by atoms with Gasteiger partial charge in [0.1, 0.15) is 0 Å². The third-order valence-electron chi connectivity index (χ3n) is 12.6. The molecule has 4 N–H and O–H groups in total. The summed E-state index contributed by atoms with van der Waals surface area (Å²) in [4.78, 5) is 27.1. The maximum absolute atomic E-state index is 16.1. The molecule has 85 heavy (non-hydrogen) atoms. The Labute approximate surface area is 500 Å². The Balaban J connectivity index is 1.06. The number of aliphatic hydroxyl groups excluding tert-OH is 2. The molecule has 2 heterocycles. The highest BCUT2D eigenvalue weighted by molar-refractivity contribution is 7.16. The van der Waals surface area contributed by atoms with Crippen molar-refractivity contribution in [2.24, 2.45) is 0 Å². The van der Waals surface area contributed by atoms with E-state index in [1.165, 1.54) is 50.2 Å². The topological polar surface area (TPSA) is 209 Å². The Bertz CT molecular complexity index is 2420. The van der Waals surface area contributed by atoms with Crippen LogP contribution in [0.3, 0.4) is 0 Å². The first-order valence-corrected chi connectivity index (χ1v) is 29.6. The van der Waals surface area contributed by atoms with Crippen LogP contribution in [0.2, 0.25) is 0 Å². The first kappa shape index (κ1) is 71.3. The van der Waals surface area contributed by atoms with Gasteiger partial charge in [0.25, 0.3) is 11.8 Å². The second kappa shape index (κ2) is 38.1. The highest BCUT2D eigenvalue weighted by Crippen LogP contribution is 2.66. The van der Waals surface area contributed by atoms with E-state index < -0.39 is 51.9 Å². The fraction of sp³-hybridized carbons (Fsp3) is 0.593. The van der Waals surface area contributed by atoms with E-state index >= 15 is 26.3 Å². The second-order valence-corrected chi connectivity index (χ2v) is 21.8. The van der Waals surface area contributed by atoms with Crippen LogP contribution in [-0.4, -0.2) is 224 Å². The number of allylic oxidation sites excluding steroid dienone is 2. The number of alkyl halides is 6. The minimum absolute atomic E-state index is 0.0263. The zero-order valence-electron chi connectivity index (χ0n) is 48.5. The van der Waals surface area contributed by atoms with Crippen LogP contribution < -0.4 is 10.6 Å². The second-order valence-electron chi connectivity index (χ2n) is 19.3. The number of carbonyl (C=O) groups excluding carboxylic acids is 2. The van der Waals surface area contributed by atoms with Crippen LogP contribution in [0.15, 0.2) is 60.7 Å². The zero-order chi connectivity index (χ0) is 61.5. The number of aryl methyl sites for hydroxylation is 2. The standard InChI is InChI=1S/C59H80F6N2O16S2/c1-41(39-82-35-33-80-31-29-78-27-25-76-23-21-74-19-17-72-15-13-68)66-55(70)47-9-5-45(6-10-47)51-37-49(43(3)84-51)53-54(58(62,63)59(64,65)57(53,60)61)50-38-52(85-44(50)4)46-7-11-48(12-8-46)56(71)67-42(2)40-83-36-34-81-32-30-79-28-26-77-24-22-75-20-18-73-16-14-69/h5-12,37-38,41-42,68-69H,13-36,39-40H2,1-4H3,(H,66,70)(H,67,71)/t41-,42-/m0/s1. The third-order valence-corrected chi connectivity index (χ3v) is 14.8. The van der Waals surface area contributed by atoms with Gasteiger partial charge in [0.15, 0.2) is 0 Å². The molecule has 0 radical (unpaired) electrons. The lowest BCUT2D eigenvalue weighted by Crippen LogP contribution is -2.48. The summed E-state index contributed by atoms with van der Waals surface area (Å²) < 4.78 is 160. The smallest absolute Gasteiger partial charge is 0.380 e. The van der Waals surface area contributed by atoms with Crippen molar-refractivity contribution in [3.05, 3.63) is 92.7 Å². The number of rotatable bonds is 46. The number of hydrogen-bond acceptors (Lipinski definition) is 18. The van der Waals surface area contributed by atoms with Crippen LogP contribution in [0.4, 0.5) is 26.3 Å². The van der Waals surface area contributed by atoms with Crippen molar-refractivity contribution in [3.63, 3.8) is 0 Å². The number of nitrogens with one attached hydrogen (secondary N) is 2. The fourth-order valence-electron chi connectivity index (χ4n) is 8.30. The third kappa shape index (κ3) is 22.6. The van der Waals surface area contributed by atoms with Crippen LogP contribution in [0.5, 0.6) is 0 Å². The number of ether oxygens (including phenoxy) is 12. The molecule has 0 fully saturated rings. The molecule has 26 heteroatoms. The van der Waals surface area contributed by atoms with Gasteiger partial charge >= 0.3 is 17.8 Å². The molecule has 0 bridgehead atoms. The number of benzene rings is 2. The molecule has 2 amide bonds. The molecule has 0 spiro atoms. The maximum Gasteiger partial charge on any atom is 0.380 e. The molecular weight excluding hydrogens is 1170 g/mol. The van der Waals surface area contributed by atoms with Crippen molar-refractivity contribution in [2.45, 2.75) is 57.5 Å². The largest absolute Gasteiger partial charge is 0.394 e. The number of carbonyl (C=O) groups is 2. The molecule has 5 rings (SSSR count). The zero-order valence-corrected chi connectivity index (χ0v) is 50.1. The normalized spacial score (nSPS) is 15.2. The van der Waals surface area contributed by atoms with Gasteiger partial charge < -0.3 is 77.7 Å². The Morgan fingerprint density at radius 1 is 0.424 bits per heavy atom. The quantitative estimate of drug-likeness (QED) is 0.0244. The maximum atomic E-state index is 16.1. The molecule has 18 nitrogen and oxygen atoms in total. The summed E-state index contributed by atoms with van der Waals surface area (Å²) in [5.74, 6) is -17.1. The van der Waals surface area contributed by atoms with Gasteiger partial charge in [0, 0.05) is 53.9 Å². The van der Waals surface area contributed by atoms with Crippen LogP contribution in [0.1, 0.15) is 55.4 Å². The first-order valence-electron chi connectivity index (χ1n) is 28.0. The number of halogens is 6. The van der Waals surface area contributed by atoms with Crippen LogP contribution in [0.25, 0.3) is 32.0 Å². The minimum Gasteiger partial charge on any atom is -0.394 e. The molecule has 476 valence electrons. The molecule has 2 atom stereocenters. The highest BCUT2D eigenvalue weighted by Gasteiger charge is 2.80. The summed E-state index contributed by atoms with van der Waals surface area (Å²) in [6.45, 7) is 14.8. The molecule has 2 aromatic heterocycles. The van der Waals surface area contributed by atoms with Crippen molar-refractivity contribution in [1.29, 1.82) is 0 Å². The van der Waals surface area contributed by atoms with E-state index in [1.807, 2.05) is 0 Å². The number of thiophene rings is 2.